The molecule has 18 heavy (non-hydrogen) atoms. The monoisotopic (exact) mass is 268 g/mol. The van der Waals surface area contributed by atoms with Gasteiger partial charge >= 0.3 is 0 Å². The summed E-state index contributed by atoms with van der Waals surface area (Å²) in [5, 5.41) is 0.628. The van der Waals surface area contributed by atoms with Crippen LogP contribution < -0.4 is 0 Å². The van der Waals surface area contributed by atoms with E-state index in [1.807, 2.05) is 0 Å². The fraction of sp³-hybridized carbons (Fsp3) is 1.00. The fourth-order valence-electron chi connectivity index (χ4n) is 4.24. The van der Waals surface area contributed by atoms with Gasteiger partial charge in [0.15, 0.2) is 0 Å². The van der Waals surface area contributed by atoms with Crippen molar-refractivity contribution in [3.8, 4) is 0 Å². The zero-order valence-electron chi connectivity index (χ0n) is 13.9. The highest BCUT2D eigenvalue weighted by molar-refractivity contribution is 6.80. The largest absolute Gasteiger partial charge is 0.0689 e. The predicted octanol–water partition coefficient (Wildman–Crippen LogP) is 6.64. The van der Waals surface area contributed by atoms with Gasteiger partial charge in [-0.1, -0.05) is 78.9 Å². The van der Waals surface area contributed by atoms with E-state index in [-0.39, 0.29) is 0 Å². The van der Waals surface area contributed by atoms with Crippen LogP contribution in [0, 0.1) is 5.41 Å². The van der Waals surface area contributed by atoms with E-state index in [4.69, 9.17) is 0 Å². The topological polar surface area (TPSA) is 0 Å². The lowest BCUT2D eigenvalue weighted by atomic mass is 9.66. The van der Waals surface area contributed by atoms with Crippen LogP contribution >= 0.6 is 0 Å². The molecule has 0 saturated carbocycles. The van der Waals surface area contributed by atoms with Gasteiger partial charge in [0.2, 0.25) is 0 Å². The first-order valence-corrected chi connectivity index (χ1v) is 11.5. The molecule has 0 amide bonds. The number of hydrogen-bond acceptors (Lipinski definition) is 0. The lowest BCUT2D eigenvalue weighted by Crippen LogP contribution is -2.53. The molecule has 0 bridgehead atoms. The maximum absolute atomic E-state index is 2.65. The Balaban J connectivity index is 2.97. The Labute approximate surface area is 117 Å². The third-order valence-corrected chi connectivity index (χ3v) is 12.0. The molecule has 0 radical (unpaired) electrons. The summed E-state index contributed by atoms with van der Waals surface area (Å²) in [4.78, 5) is 0. The molecule has 1 heteroatoms. The van der Waals surface area contributed by atoms with Crippen LogP contribution in [0.1, 0.15) is 79.1 Å². The summed E-state index contributed by atoms with van der Waals surface area (Å²) >= 11 is 0. The van der Waals surface area contributed by atoms with E-state index < -0.39 is 8.07 Å². The van der Waals surface area contributed by atoms with E-state index in [2.05, 4.69) is 40.8 Å². The molecular formula is C17H36Si. The van der Waals surface area contributed by atoms with Gasteiger partial charge in [-0.25, -0.2) is 0 Å². The van der Waals surface area contributed by atoms with Gasteiger partial charge in [-0.2, -0.15) is 0 Å². The van der Waals surface area contributed by atoms with Crippen LogP contribution in [0.2, 0.25) is 24.2 Å². The standard InChI is InChI=1S/C17H36Si/c1-7-9-12-17(13-10-8-2)14-11-15-18(5,6)16(17,3)4/h7-15H2,1-6H3. The fourth-order valence-corrected chi connectivity index (χ4v) is 7.74. The molecule has 0 aliphatic carbocycles. The molecule has 1 aliphatic rings. The lowest BCUT2D eigenvalue weighted by Gasteiger charge is -2.59. The first kappa shape index (κ1) is 16.3. The summed E-state index contributed by atoms with van der Waals surface area (Å²) in [5.74, 6) is 0. The van der Waals surface area contributed by atoms with Crippen LogP contribution in [0.25, 0.3) is 0 Å². The Hall–Kier alpha value is 0.217. The van der Waals surface area contributed by atoms with Gasteiger partial charge in [0.25, 0.3) is 0 Å². The lowest BCUT2D eigenvalue weighted by molar-refractivity contribution is 0.122. The van der Waals surface area contributed by atoms with Crippen molar-refractivity contribution in [2.24, 2.45) is 5.41 Å². The first-order valence-electron chi connectivity index (χ1n) is 8.33. The molecule has 1 heterocycles. The first-order chi connectivity index (χ1) is 8.33. The van der Waals surface area contributed by atoms with Crippen LogP contribution in [0.4, 0.5) is 0 Å². The molecule has 0 spiro atoms. The summed E-state index contributed by atoms with van der Waals surface area (Å²) < 4.78 is 0. The third-order valence-electron chi connectivity index (χ3n) is 6.49. The Bertz CT molecular complexity index is 244. The SMILES string of the molecule is CCCCC1(CCCC)CCC[Si](C)(C)C1(C)C. The number of unbranched alkanes of at least 4 members (excludes halogenated alkanes) is 2. The maximum Gasteiger partial charge on any atom is 0.0536 e. The minimum atomic E-state index is -1.05. The molecule has 1 saturated heterocycles. The molecule has 108 valence electrons. The van der Waals surface area contributed by atoms with Crippen LogP contribution in [0.15, 0.2) is 0 Å². The van der Waals surface area contributed by atoms with Gasteiger partial charge in [0.1, 0.15) is 0 Å². The molecule has 0 aromatic carbocycles. The average Bonchev–Trinajstić information content (AvgIpc) is 2.30. The second-order valence-electron chi connectivity index (χ2n) is 7.85. The normalized spacial score (nSPS) is 25.0. The van der Waals surface area contributed by atoms with Gasteiger partial charge in [-0.15, -0.1) is 0 Å². The summed E-state index contributed by atoms with van der Waals surface area (Å²) in [7, 11) is -1.05. The van der Waals surface area contributed by atoms with Gasteiger partial charge in [-0.05, 0) is 29.7 Å². The van der Waals surface area contributed by atoms with Crippen molar-refractivity contribution in [2.75, 3.05) is 0 Å². The van der Waals surface area contributed by atoms with E-state index in [0.717, 1.165) is 0 Å². The van der Waals surface area contributed by atoms with E-state index in [0.29, 0.717) is 10.5 Å². The third kappa shape index (κ3) is 2.86. The highest BCUT2D eigenvalue weighted by Gasteiger charge is 2.54. The van der Waals surface area contributed by atoms with Crippen LogP contribution in [-0.2, 0) is 0 Å². The molecule has 0 atom stereocenters. The number of rotatable bonds is 6. The predicted molar refractivity (Wildman–Crippen MR) is 87.0 cm³/mol. The Morgan fingerprint density at radius 1 is 0.944 bits per heavy atom. The van der Waals surface area contributed by atoms with E-state index in [1.54, 1.807) is 6.04 Å². The second-order valence-corrected chi connectivity index (χ2v) is 13.4. The van der Waals surface area contributed by atoms with Crippen molar-refractivity contribution in [1.82, 2.24) is 0 Å². The minimum absolute atomic E-state index is 0.628. The van der Waals surface area contributed by atoms with Crippen LogP contribution in [-0.4, -0.2) is 8.07 Å². The zero-order chi connectivity index (χ0) is 13.9. The van der Waals surface area contributed by atoms with E-state index in [9.17, 15) is 0 Å². The molecular weight excluding hydrogens is 232 g/mol. The second kappa shape index (κ2) is 6.11. The van der Waals surface area contributed by atoms with Crippen molar-refractivity contribution >= 4 is 8.07 Å². The Kier molecular flexibility index (Phi) is 5.53. The van der Waals surface area contributed by atoms with Crippen LogP contribution in [0.3, 0.4) is 0 Å². The average molecular weight is 269 g/mol. The van der Waals surface area contributed by atoms with Crippen LogP contribution in [0.5, 0.6) is 0 Å². The molecule has 0 nitrogen and oxygen atoms in total. The molecule has 1 fully saturated rings. The summed E-state index contributed by atoms with van der Waals surface area (Å²) in [6.45, 7) is 15.3. The quantitative estimate of drug-likeness (QED) is 0.474. The Morgan fingerprint density at radius 3 is 1.89 bits per heavy atom. The highest BCUT2D eigenvalue weighted by atomic mass is 28.3. The summed E-state index contributed by atoms with van der Waals surface area (Å²) in [6, 6.07) is 1.56. The molecule has 0 aromatic heterocycles. The van der Waals surface area contributed by atoms with Gasteiger partial charge in [-0.3, -0.25) is 0 Å². The molecule has 0 aromatic rings. The zero-order valence-corrected chi connectivity index (χ0v) is 14.9. The van der Waals surface area contributed by atoms with Gasteiger partial charge in [0.05, 0.1) is 8.07 Å². The van der Waals surface area contributed by atoms with Crippen molar-refractivity contribution in [2.45, 2.75) is 103 Å². The number of hydrogen-bond donors (Lipinski definition) is 0. The minimum Gasteiger partial charge on any atom is -0.0689 e. The highest BCUT2D eigenvalue weighted by Crippen LogP contribution is 2.64. The molecule has 1 aliphatic heterocycles. The van der Waals surface area contributed by atoms with Gasteiger partial charge < -0.3 is 0 Å². The Morgan fingerprint density at radius 2 is 1.44 bits per heavy atom. The van der Waals surface area contributed by atoms with Crippen molar-refractivity contribution in [1.29, 1.82) is 0 Å². The van der Waals surface area contributed by atoms with Crippen molar-refractivity contribution in [3.05, 3.63) is 0 Å². The summed E-state index contributed by atoms with van der Waals surface area (Å²) in [5.41, 5.74) is 0.674. The molecule has 1 rings (SSSR count). The smallest absolute Gasteiger partial charge is 0.0536 e. The molecule has 0 N–H and O–H groups in total. The van der Waals surface area contributed by atoms with Crippen molar-refractivity contribution < 1.29 is 0 Å². The maximum atomic E-state index is 2.65. The summed E-state index contributed by atoms with van der Waals surface area (Å²) in [6.07, 6.45) is 11.6. The van der Waals surface area contributed by atoms with Gasteiger partial charge in [0, 0.05) is 0 Å². The van der Waals surface area contributed by atoms with Crippen molar-refractivity contribution in [3.63, 3.8) is 0 Å². The van der Waals surface area contributed by atoms with E-state index >= 15 is 0 Å². The molecule has 0 unspecified atom stereocenters. The van der Waals surface area contributed by atoms with E-state index in [1.165, 1.54) is 51.4 Å².